The predicted octanol–water partition coefficient (Wildman–Crippen LogP) is 1.14. The minimum absolute atomic E-state index is 0.0563. The summed E-state index contributed by atoms with van der Waals surface area (Å²) in [6, 6.07) is -0.732. The van der Waals surface area contributed by atoms with E-state index in [1.165, 1.54) is 6.20 Å². The number of amides is 2. The van der Waals surface area contributed by atoms with Crippen LogP contribution in [0.3, 0.4) is 0 Å². The van der Waals surface area contributed by atoms with E-state index >= 15 is 4.39 Å². The number of rotatable bonds is 7. The van der Waals surface area contributed by atoms with Crippen molar-refractivity contribution in [1.82, 2.24) is 25.1 Å². The summed E-state index contributed by atoms with van der Waals surface area (Å²) in [5, 5.41) is 9.39. The minimum Gasteiger partial charge on any atom is -0.367 e. The fourth-order valence-electron chi connectivity index (χ4n) is 5.89. The number of pyridine rings is 1. The van der Waals surface area contributed by atoms with Crippen LogP contribution >= 0.6 is 0 Å². The summed E-state index contributed by atoms with van der Waals surface area (Å²) >= 11 is 0. The van der Waals surface area contributed by atoms with Gasteiger partial charge in [0.05, 0.1) is 35.8 Å². The molecule has 1 aromatic rings. The summed E-state index contributed by atoms with van der Waals surface area (Å²) in [4.78, 5) is 48.0. The molecule has 0 bridgehead atoms. The van der Waals surface area contributed by atoms with E-state index in [1.807, 2.05) is 9.80 Å². The smallest absolute Gasteiger partial charge is 0.232 e. The van der Waals surface area contributed by atoms with Crippen molar-refractivity contribution in [3.8, 4) is 0 Å². The van der Waals surface area contributed by atoms with Crippen LogP contribution in [0.1, 0.15) is 33.6 Å². The molecule has 4 rings (SSSR count). The number of carbonyl (C=O) groups is 2. The quantitative estimate of drug-likeness (QED) is 0.415. The number of alkyl halides is 1. The zero-order chi connectivity index (χ0) is 29.2. The van der Waals surface area contributed by atoms with E-state index in [0.717, 1.165) is 17.8 Å². The zero-order valence-corrected chi connectivity index (χ0v) is 23.6. The molecule has 4 heterocycles. The second-order valence-corrected chi connectivity index (χ2v) is 11.8. The number of nitrogens with two attached hydrogens (primary N) is 1. The first kappa shape index (κ1) is 30.0. The molecule has 3 saturated heterocycles. The Labute approximate surface area is 233 Å². The fraction of sp³-hybridized carbons (Fsp3) is 0.731. The van der Waals surface area contributed by atoms with Crippen LogP contribution in [-0.2, 0) is 9.59 Å². The molecule has 14 heteroatoms. The van der Waals surface area contributed by atoms with Gasteiger partial charge in [-0.15, -0.1) is 4.91 Å². The number of aromatic nitrogens is 1. The standard InChI is InChI=1S/C26H41F2N9O3/c1-16(29)21(23-31-11-18(27)14-37(23)33-40)24(38)32-20-13-30-12-19(28)22(20)35-7-5-17(6-8-35)25(39)36-10-9-34(4)26(2,3)15-36/h12-13,16-18,21,23,31H,5-11,14-15,29H2,1-4H3,(H,32,38). The number of carbonyl (C=O) groups excluding carboxylic acids is 2. The zero-order valence-electron chi connectivity index (χ0n) is 23.6. The Morgan fingerprint density at radius 3 is 2.55 bits per heavy atom. The van der Waals surface area contributed by atoms with E-state index < -0.39 is 36.0 Å². The highest BCUT2D eigenvalue weighted by molar-refractivity contribution is 5.96. The summed E-state index contributed by atoms with van der Waals surface area (Å²) in [5.41, 5.74) is 6.36. The van der Waals surface area contributed by atoms with Crippen LogP contribution in [0.4, 0.5) is 20.2 Å². The van der Waals surface area contributed by atoms with Gasteiger partial charge in [0.25, 0.3) is 0 Å². The highest BCUT2D eigenvalue weighted by Crippen LogP contribution is 2.34. The van der Waals surface area contributed by atoms with Gasteiger partial charge >= 0.3 is 0 Å². The molecule has 0 saturated carbocycles. The third-order valence-corrected chi connectivity index (χ3v) is 8.49. The monoisotopic (exact) mass is 565 g/mol. The largest absolute Gasteiger partial charge is 0.367 e. The van der Waals surface area contributed by atoms with Gasteiger partial charge in [0.2, 0.25) is 11.8 Å². The lowest BCUT2D eigenvalue weighted by molar-refractivity contribution is -0.140. The minimum atomic E-state index is -1.32. The Hall–Kier alpha value is -2.97. The van der Waals surface area contributed by atoms with Gasteiger partial charge in [-0.1, -0.05) is 0 Å². The molecule has 222 valence electrons. The van der Waals surface area contributed by atoms with Crippen molar-refractivity contribution in [3.63, 3.8) is 0 Å². The van der Waals surface area contributed by atoms with Crippen molar-refractivity contribution in [2.75, 3.05) is 63.1 Å². The van der Waals surface area contributed by atoms with Crippen molar-refractivity contribution in [2.45, 2.75) is 57.5 Å². The molecule has 2 amide bonds. The molecule has 0 aliphatic carbocycles. The van der Waals surface area contributed by atoms with Gasteiger partial charge in [-0.25, -0.2) is 13.8 Å². The van der Waals surface area contributed by atoms with Crippen molar-refractivity contribution in [3.05, 3.63) is 23.1 Å². The number of anilines is 2. The summed E-state index contributed by atoms with van der Waals surface area (Å²) in [6.07, 6.45) is 1.32. The Morgan fingerprint density at radius 2 is 1.93 bits per heavy atom. The van der Waals surface area contributed by atoms with Gasteiger partial charge in [-0.2, -0.15) is 0 Å². The molecule has 3 fully saturated rings. The first-order valence-electron chi connectivity index (χ1n) is 13.8. The number of nitrogens with one attached hydrogen (secondary N) is 2. The number of piperidine rings is 1. The van der Waals surface area contributed by atoms with E-state index in [-0.39, 0.29) is 41.8 Å². The number of hydrogen-bond donors (Lipinski definition) is 3. The molecule has 4 unspecified atom stereocenters. The van der Waals surface area contributed by atoms with Crippen molar-refractivity contribution < 1.29 is 18.4 Å². The first-order valence-corrected chi connectivity index (χ1v) is 13.8. The summed E-state index contributed by atoms with van der Waals surface area (Å²) in [7, 11) is 2.07. The second kappa shape index (κ2) is 12.3. The van der Waals surface area contributed by atoms with E-state index in [9.17, 15) is 18.9 Å². The molecule has 12 nitrogen and oxygen atoms in total. The average Bonchev–Trinajstić information content (AvgIpc) is 2.90. The van der Waals surface area contributed by atoms with Crippen molar-refractivity contribution in [1.29, 1.82) is 0 Å². The molecule has 0 aromatic carbocycles. The number of nitrogens with zero attached hydrogens (tertiary/aromatic N) is 6. The second-order valence-electron chi connectivity index (χ2n) is 11.8. The molecule has 3 aliphatic heterocycles. The molecular weight excluding hydrogens is 524 g/mol. The molecule has 0 spiro atoms. The Kier molecular flexibility index (Phi) is 9.20. The van der Waals surface area contributed by atoms with Crippen LogP contribution in [0.2, 0.25) is 0 Å². The van der Waals surface area contributed by atoms with Crippen LogP contribution in [0.5, 0.6) is 0 Å². The van der Waals surface area contributed by atoms with Gasteiger partial charge in [-0.05, 0) is 40.7 Å². The fourth-order valence-corrected chi connectivity index (χ4v) is 5.89. The topological polar surface area (TPSA) is 139 Å². The molecule has 3 aliphatic rings. The van der Waals surface area contributed by atoms with Crippen LogP contribution in [-0.4, -0.2) is 108 Å². The summed E-state index contributed by atoms with van der Waals surface area (Å²) in [6.45, 7) is 8.57. The van der Waals surface area contributed by atoms with Crippen molar-refractivity contribution in [2.24, 2.45) is 22.9 Å². The van der Waals surface area contributed by atoms with Gasteiger partial charge in [0.15, 0.2) is 5.82 Å². The lowest BCUT2D eigenvalue weighted by Crippen LogP contribution is -2.62. The highest BCUT2D eigenvalue weighted by Gasteiger charge is 2.41. The molecular formula is C26H41F2N9O3. The van der Waals surface area contributed by atoms with Gasteiger partial charge in [-0.3, -0.25) is 24.8 Å². The first-order chi connectivity index (χ1) is 18.9. The summed E-state index contributed by atoms with van der Waals surface area (Å²) < 4.78 is 29.0. The molecule has 4 N–H and O–H groups in total. The average molecular weight is 566 g/mol. The lowest BCUT2D eigenvalue weighted by atomic mass is 9.92. The Bertz CT molecular complexity index is 1080. The van der Waals surface area contributed by atoms with Crippen LogP contribution in [0, 0.1) is 22.6 Å². The maximum Gasteiger partial charge on any atom is 0.232 e. The Balaban J connectivity index is 1.45. The van der Waals surface area contributed by atoms with Crippen LogP contribution in [0.15, 0.2) is 17.7 Å². The third kappa shape index (κ3) is 6.33. The normalized spacial score (nSPS) is 25.8. The number of hydrogen-bond acceptors (Lipinski definition) is 9. The van der Waals surface area contributed by atoms with Gasteiger partial charge in [0, 0.05) is 56.8 Å². The lowest BCUT2D eigenvalue weighted by Gasteiger charge is -2.46. The predicted molar refractivity (Wildman–Crippen MR) is 147 cm³/mol. The SMILES string of the molecule is CC(N)C(C(=O)Nc1cncc(F)c1N1CCC(C(=O)N2CCN(C)C(C)(C)C2)CC1)C1NCC(F)CN1N=O. The van der Waals surface area contributed by atoms with Gasteiger partial charge < -0.3 is 20.9 Å². The summed E-state index contributed by atoms with van der Waals surface area (Å²) in [5.74, 6) is -2.19. The third-order valence-electron chi connectivity index (χ3n) is 8.49. The van der Waals surface area contributed by atoms with Crippen LogP contribution < -0.4 is 21.3 Å². The molecule has 1 aromatic heterocycles. The molecule has 4 atom stereocenters. The maximum absolute atomic E-state index is 15.1. The van der Waals surface area contributed by atoms with Crippen LogP contribution in [0.25, 0.3) is 0 Å². The van der Waals surface area contributed by atoms with E-state index in [2.05, 4.69) is 46.7 Å². The van der Waals surface area contributed by atoms with E-state index in [4.69, 9.17) is 5.73 Å². The number of nitroso groups, excluding NO2 is 1. The maximum atomic E-state index is 15.1. The van der Waals surface area contributed by atoms with E-state index in [1.54, 1.807) is 6.92 Å². The molecule has 0 radical (unpaired) electrons. The number of piperazine rings is 1. The number of likely N-dealkylation sites (N-methyl/N-ethyl adjacent to an activating group) is 1. The van der Waals surface area contributed by atoms with Gasteiger partial charge in [0.1, 0.15) is 18.0 Å². The number of halogens is 2. The molecule has 40 heavy (non-hydrogen) atoms. The Morgan fingerprint density at radius 1 is 1.23 bits per heavy atom. The highest BCUT2D eigenvalue weighted by atomic mass is 19.1. The van der Waals surface area contributed by atoms with E-state index in [0.29, 0.717) is 39.0 Å². The van der Waals surface area contributed by atoms with Crippen molar-refractivity contribution >= 4 is 23.2 Å².